The highest BCUT2D eigenvalue weighted by molar-refractivity contribution is 5.95. The SMILES string of the molecule is CNC(=O)c1ccc(/C=C/C(=O)N2CCN(c3ccccc3F)CC2)cc1. The van der Waals surface area contributed by atoms with E-state index in [-0.39, 0.29) is 17.6 Å². The van der Waals surface area contributed by atoms with Crippen molar-refractivity contribution in [3.8, 4) is 0 Å². The summed E-state index contributed by atoms with van der Waals surface area (Å²) in [6.45, 7) is 2.29. The number of nitrogens with one attached hydrogen (secondary N) is 1. The van der Waals surface area contributed by atoms with Gasteiger partial charge in [-0.15, -0.1) is 0 Å². The molecule has 2 aromatic carbocycles. The number of carbonyl (C=O) groups excluding carboxylic acids is 2. The lowest BCUT2D eigenvalue weighted by molar-refractivity contribution is -0.126. The zero-order valence-electron chi connectivity index (χ0n) is 15.2. The Morgan fingerprint density at radius 3 is 2.30 bits per heavy atom. The van der Waals surface area contributed by atoms with Crippen molar-refractivity contribution >= 4 is 23.6 Å². The van der Waals surface area contributed by atoms with Gasteiger partial charge in [-0.25, -0.2) is 4.39 Å². The number of nitrogens with zero attached hydrogens (tertiary/aromatic N) is 2. The maximum Gasteiger partial charge on any atom is 0.251 e. The number of amides is 2. The smallest absolute Gasteiger partial charge is 0.251 e. The summed E-state index contributed by atoms with van der Waals surface area (Å²) in [6, 6.07) is 13.7. The van der Waals surface area contributed by atoms with Crippen LogP contribution < -0.4 is 10.2 Å². The number of hydrogen-bond donors (Lipinski definition) is 1. The summed E-state index contributed by atoms with van der Waals surface area (Å²) in [4.78, 5) is 27.6. The highest BCUT2D eigenvalue weighted by Gasteiger charge is 2.21. The zero-order chi connectivity index (χ0) is 19.2. The van der Waals surface area contributed by atoms with Gasteiger partial charge in [0.15, 0.2) is 0 Å². The largest absolute Gasteiger partial charge is 0.366 e. The van der Waals surface area contributed by atoms with Crippen LogP contribution in [0.4, 0.5) is 10.1 Å². The third-order valence-corrected chi connectivity index (χ3v) is 4.60. The van der Waals surface area contributed by atoms with Crippen molar-refractivity contribution in [1.29, 1.82) is 0 Å². The van der Waals surface area contributed by atoms with Crippen molar-refractivity contribution in [2.75, 3.05) is 38.1 Å². The van der Waals surface area contributed by atoms with E-state index in [1.54, 1.807) is 54.4 Å². The molecule has 0 unspecified atom stereocenters. The Bertz CT molecular complexity index is 841. The number of para-hydroxylation sites is 1. The van der Waals surface area contributed by atoms with E-state index in [0.29, 0.717) is 37.4 Å². The number of halogens is 1. The predicted molar refractivity (Wildman–Crippen MR) is 104 cm³/mol. The summed E-state index contributed by atoms with van der Waals surface area (Å²) in [6.07, 6.45) is 3.27. The second kappa shape index (κ2) is 8.49. The monoisotopic (exact) mass is 367 g/mol. The second-order valence-electron chi connectivity index (χ2n) is 6.30. The minimum Gasteiger partial charge on any atom is -0.366 e. The van der Waals surface area contributed by atoms with Crippen molar-refractivity contribution < 1.29 is 14.0 Å². The minimum absolute atomic E-state index is 0.0708. The molecule has 1 saturated heterocycles. The van der Waals surface area contributed by atoms with Gasteiger partial charge in [0.05, 0.1) is 5.69 Å². The van der Waals surface area contributed by atoms with Crippen LogP contribution in [0.5, 0.6) is 0 Å². The summed E-state index contributed by atoms with van der Waals surface area (Å²) in [7, 11) is 1.58. The average molecular weight is 367 g/mol. The van der Waals surface area contributed by atoms with E-state index >= 15 is 0 Å². The maximum absolute atomic E-state index is 13.9. The number of rotatable bonds is 4. The molecule has 1 aliphatic rings. The van der Waals surface area contributed by atoms with E-state index in [9.17, 15) is 14.0 Å². The van der Waals surface area contributed by atoms with Gasteiger partial charge in [0.2, 0.25) is 5.91 Å². The molecule has 1 fully saturated rings. The Kier molecular flexibility index (Phi) is 5.86. The van der Waals surface area contributed by atoms with Gasteiger partial charge in [-0.3, -0.25) is 9.59 Å². The van der Waals surface area contributed by atoms with Crippen LogP contribution in [0.25, 0.3) is 6.08 Å². The van der Waals surface area contributed by atoms with Crippen molar-refractivity contribution in [3.05, 3.63) is 71.6 Å². The van der Waals surface area contributed by atoms with Crippen LogP contribution in [-0.2, 0) is 4.79 Å². The van der Waals surface area contributed by atoms with Gasteiger partial charge in [0.25, 0.3) is 5.91 Å². The number of benzene rings is 2. The molecule has 0 atom stereocenters. The fraction of sp³-hybridized carbons (Fsp3) is 0.238. The summed E-state index contributed by atoms with van der Waals surface area (Å²) in [5, 5.41) is 2.57. The normalized spacial score (nSPS) is 14.4. The summed E-state index contributed by atoms with van der Waals surface area (Å²) >= 11 is 0. The first kappa shape index (κ1) is 18.6. The molecule has 0 saturated carbocycles. The topological polar surface area (TPSA) is 52.7 Å². The van der Waals surface area contributed by atoms with Crippen molar-refractivity contribution in [2.24, 2.45) is 0 Å². The molecule has 0 aromatic heterocycles. The number of anilines is 1. The van der Waals surface area contributed by atoms with Gasteiger partial charge in [0.1, 0.15) is 5.82 Å². The Labute approximate surface area is 158 Å². The Balaban J connectivity index is 1.56. The predicted octanol–water partition coefficient (Wildman–Crippen LogP) is 2.55. The lowest BCUT2D eigenvalue weighted by Crippen LogP contribution is -2.48. The molecule has 6 heteroatoms. The molecule has 2 amide bonds. The van der Waals surface area contributed by atoms with E-state index in [1.807, 2.05) is 11.0 Å². The van der Waals surface area contributed by atoms with E-state index in [0.717, 1.165) is 5.56 Å². The van der Waals surface area contributed by atoms with Gasteiger partial charge in [0, 0.05) is 44.9 Å². The first-order valence-corrected chi connectivity index (χ1v) is 8.87. The first-order valence-electron chi connectivity index (χ1n) is 8.87. The average Bonchev–Trinajstić information content (AvgIpc) is 2.72. The molecular formula is C21H22FN3O2. The highest BCUT2D eigenvalue weighted by Crippen LogP contribution is 2.20. The summed E-state index contributed by atoms with van der Waals surface area (Å²) in [5.74, 6) is -0.453. The molecule has 1 heterocycles. The number of piperazine rings is 1. The van der Waals surface area contributed by atoms with Gasteiger partial charge < -0.3 is 15.1 Å². The summed E-state index contributed by atoms with van der Waals surface area (Å²) < 4.78 is 13.9. The van der Waals surface area contributed by atoms with E-state index in [2.05, 4.69) is 5.32 Å². The molecule has 0 aliphatic carbocycles. The summed E-state index contributed by atoms with van der Waals surface area (Å²) in [5.41, 5.74) is 2.00. The van der Waals surface area contributed by atoms with Crippen LogP contribution in [0.2, 0.25) is 0 Å². The lowest BCUT2D eigenvalue weighted by atomic mass is 10.1. The molecular weight excluding hydrogens is 345 g/mol. The molecule has 0 spiro atoms. The molecule has 1 aliphatic heterocycles. The molecule has 2 aromatic rings. The quantitative estimate of drug-likeness (QED) is 0.845. The minimum atomic E-state index is -0.239. The maximum atomic E-state index is 13.9. The molecule has 5 nitrogen and oxygen atoms in total. The molecule has 27 heavy (non-hydrogen) atoms. The van der Waals surface area contributed by atoms with Gasteiger partial charge in [-0.2, -0.15) is 0 Å². The molecule has 1 N–H and O–H groups in total. The van der Waals surface area contributed by atoms with Crippen molar-refractivity contribution in [2.45, 2.75) is 0 Å². The number of hydrogen-bond acceptors (Lipinski definition) is 3. The van der Waals surface area contributed by atoms with Gasteiger partial charge in [-0.1, -0.05) is 24.3 Å². The molecule has 0 radical (unpaired) electrons. The third-order valence-electron chi connectivity index (χ3n) is 4.60. The van der Waals surface area contributed by atoms with Crippen LogP contribution in [-0.4, -0.2) is 49.9 Å². The first-order chi connectivity index (χ1) is 13.1. The fourth-order valence-corrected chi connectivity index (χ4v) is 3.04. The Hall–Kier alpha value is -3.15. The van der Waals surface area contributed by atoms with Gasteiger partial charge >= 0.3 is 0 Å². The Morgan fingerprint density at radius 1 is 1.00 bits per heavy atom. The second-order valence-corrected chi connectivity index (χ2v) is 6.30. The lowest BCUT2D eigenvalue weighted by Gasteiger charge is -2.35. The number of carbonyl (C=O) groups is 2. The Morgan fingerprint density at radius 2 is 1.67 bits per heavy atom. The fourth-order valence-electron chi connectivity index (χ4n) is 3.04. The zero-order valence-corrected chi connectivity index (χ0v) is 15.2. The van der Waals surface area contributed by atoms with Crippen molar-refractivity contribution in [1.82, 2.24) is 10.2 Å². The van der Waals surface area contributed by atoms with E-state index in [4.69, 9.17) is 0 Å². The molecule has 0 bridgehead atoms. The van der Waals surface area contributed by atoms with Crippen LogP contribution >= 0.6 is 0 Å². The molecule has 3 rings (SSSR count). The third kappa shape index (κ3) is 4.53. The van der Waals surface area contributed by atoms with Crippen LogP contribution in [0.3, 0.4) is 0 Å². The highest BCUT2D eigenvalue weighted by atomic mass is 19.1. The molecule has 140 valence electrons. The van der Waals surface area contributed by atoms with Crippen LogP contribution in [0.15, 0.2) is 54.6 Å². The standard InChI is InChI=1S/C21H22FN3O2/c1-23-21(27)17-9-6-16(7-10-17)8-11-20(26)25-14-12-24(13-15-25)19-5-3-2-4-18(19)22/h2-11H,12-15H2,1H3,(H,23,27)/b11-8+. The van der Waals surface area contributed by atoms with Crippen molar-refractivity contribution in [3.63, 3.8) is 0 Å². The van der Waals surface area contributed by atoms with Crippen LogP contribution in [0.1, 0.15) is 15.9 Å². The van der Waals surface area contributed by atoms with E-state index < -0.39 is 0 Å². The van der Waals surface area contributed by atoms with Gasteiger partial charge in [-0.05, 0) is 35.9 Å². The van der Waals surface area contributed by atoms with E-state index in [1.165, 1.54) is 12.1 Å². The van der Waals surface area contributed by atoms with Crippen LogP contribution in [0, 0.1) is 5.82 Å².